The zero-order chi connectivity index (χ0) is 24.9. The van der Waals surface area contributed by atoms with Gasteiger partial charge in [-0.3, -0.25) is 4.79 Å². The SMILES string of the molecule is CC(C)(C)[Si](C)(C)O[C@@H](CC[C@H]1C(CC(=O)O)[C@@H](O)C[C@H]1O[C@@H]1C=CC=CO1)C1CCCCC1. The van der Waals surface area contributed by atoms with E-state index in [1.165, 1.54) is 32.1 Å². The third kappa shape index (κ3) is 7.18. The van der Waals surface area contributed by atoms with Gasteiger partial charge in [0.25, 0.3) is 0 Å². The van der Waals surface area contributed by atoms with E-state index in [4.69, 9.17) is 13.9 Å². The fraction of sp³-hybridized carbons (Fsp3) is 0.815. The first-order valence-corrected chi connectivity index (χ1v) is 16.1. The van der Waals surface area contributed by atoms with Crippen LogP contribution in [0, 0.1) is 17.8 Å². The van der Waals surface area contributed by atoms with Crippen molar-refractivity contribution in [2.45, 2.75) is 121 Å². The van der Waals surface area contributed by atoms with Crippen molar-refractivity contribution in [3.8, 4) is 0 Å². The van der Waals surface area contributed by atoms with E-state index in [-0.39, 0.29) is 35.5 Å². The van der Waals surface area contributed by atoms with Gasteiger partial charge < -0.3 is 24.1 Å². The molecule has 2 saturated carbocycles. The van der Waals surface area contributed by atoms with Crippen LogP contribution < -0.4 is 0 Å². The van der Waals surface area contributed by atoms with Gasteiger partial charge in [0, 0.05) is 18.4 Å². The van der Waals surface area contributed by atoms with Crippen LogP contribution in [-0.2, 0) is 18.7 Å². The van der Waals surface area contributed by atoms with E-state index < -0.39 is 26.7 Å². The molecule has 1 aliphatic heterocycles. The number of carboxylic acids is 1. The van der Waals surface area contributed by atoms with Gasteiger partial charge in [0.05, 0.1) is 24.9 Å². The van der Waals surface area contributed by atoms with Crippen molar-refractivity contribution < 1.29 is 28.9 Å². The summed E-state index contributed by atoms with van der Waals surface area (Å²) in [5, 5.41) is 20.4. The van der Waals surface area contributed by atoms with Crippen LogP contribution in [-0.4, -0.2) is 49.1 Å². The highest BCUT2D eigenvalue weighted by Gasteiger charge is 2.46. The molecule has 194 valence electrons. The largest absolute Gasteiger partial charge is 0.481 e. The molecule has 3 aliphatic rings. The van der Waals surface area contributed by atoms with Crippen molar-refractivity contribution >= 4 is 14.3 Å². The second-order valence-electron chi connectivity index (χ2n) is 12.0. The Kier molecular flexibility index (Phi) is 9.46. The molecule has 2 aliphatic carbocycles. The van der Waals surface area contributed by atoms with E-state index in [2.05, 4.69) is 33.9 Å². The zero-order valence-electron chi connectivity index (χ0n) is 21.7. The van der Waals surface area contributed by atoms with Crippen LogP contribution >= 0.6 is 0 Å². The first-order chi connectivity index (χ1) is 16.0. The summed E-state index contributed by atoms with van der Waals surface area (Å²) < 4.78 is 18.8. The Hall–Kier alpha value is -1.15. The van der Waals surface area contributed by atoms with Gasteiger partial charge in [-0.25, -0.2) is 0 Å². The first kappa shape index (κ1) is 27.4. The number of aliphatic carboxylic acids is 1. The van der Waals surface area contributed by atoms with Gasteiger partial charge in [-0.05, 0) is 67.8 Å². The van der Waals surface area contributed by atoms with Crippen molar-refractivity contribution in [1.82, 2.24) is 0 Å². The normalized spacial score (nSPS) is 31.4. The van der Waals surface area contributed by atoms with E-state index >= 15 is 0 Å². The molecular weight excluding hydrogens is 448 g/mol. The predicted molar refractivity (Wildman–Crippen MR) is 136 cm³/mol. The number of hydrogen-bond acceptors (Lipinski definition) is 5. The molecule has 0 aromatic carbocycles. The van der Waals surface area contributed by atoms with Crippen molar-refractivity contribution in [3.05, 3.63) is 24.5 Å². The zero-order valence-corrected chi connectivity index (χ0v) is 22.7. The van der Waals surface area contributed by atoms with E-state index in [1.54, 1.807) is 12.3 Å². The molecule has 2 N–H and O–H groups in total. The Labute approximate surface area is 206 Å². The number of aliphatic hydroxyl groups is 1. The number of rotatable bonds is 10. The third-order valence-corrected chi connectivity index (χ3v) is 13.1. The average Bonchev–Trinajstić information content (AvgIpc) is 3.05. The Balaban J connectivity index is 1.75. The van der Waals surface area contributed by atoms with Gasteiger partial charge >= 0.3 is 5.97 Å². The molecule has 0 bridgehead atoms. The molecule has 0 radical (unpaired) electrons. The highest BCUT2D eigenvalue weighted by molar-refractivity contribution is 6.74. The quantitative estimate of drug-likeness (QED) is 0.361. The van der Waals surface area contributed by atoms with Gasteiger partial charge in [0.2, 0.25) is 6.29 Å². The minimum Gasteiger partial charge on any atom is -0.481 e. The van der Waals surface area contributed by atoms with Crippen LogP contribution in [0.5, 0.6) is 0 Å². The highest BCUT2D eigenvalue weighted by Crippen LogP contribution is 2.44. The molecule has 0 aromatic rings. The lowest BCUT2D eigenvalue weighted by Gasteiger charge is -2.43. The van der Waals surface area contributed by atoms with Crippen LogP contribution in [0.15, 0.2) is 24.5 Å². The van der Waals surface area contributed by atoms with Crippen molar-refractivity contribution in [2.75, 3.05) is 0 Å². The van der Waals surface area contributed by atoms with Gasteiger partial charge in [-0.2, -0.15) is 0 Å². The topological polar surface area (TPSA) is 85.2 Å². The Morgan fingerprint density at radius 2 is 1.85 bits per heavy atom. The standard InChI is InChI=1S/C27H46O6Si/c1-27(2,3)34(4,5)33-23(19-11-7-6-8-12-19)15-14-20-21(17-25(29)30)22(28)18-24(20)32-26-13-9-10-16-31-26/h9-10,13,16,19-24,26,28H,6-8,11-12,14-15,17-18H2,1-5H3,(H,29,30)/t20-,21?,22-,23-,24+,26+/m0/s1. The summed E-state index contributed by atoms with van der Waals surface area (Å²) in [6.45, 7) is 11.5. The maximum absolute atomic E-state index is 11.6. The Morgan fingerprint density at radius 3 is 2.44 bits per heavy atom. The van der Waals surface area contributed by atoms with Crippen LogP contribution in [0.4, 0.5) is 0 Å². The minimum absolute atomic E-state index is 0.0376. The lowest BCUT2D eigenvalue weighted by molar-refractivity contribution is -0.140. The Bertz CT molecular complexity index is 721. The lowest BCUT2D eigenvalue weighted by Crippen LogP contribution is -2.46. The number of aliphatic hydroxyl groups excluding tert-OH is 1. The fourth-order valence-corrected chi connectivity index (χ4v) is 7.04. The molecule has 6 atom stereocenters. The highest BCUT2D eigenvalue weighted by atomic mass is 28.4. The van der Waals surface area contributed by atoms with Crippen LogP contribution in [0.1, 0.15) is 78.6 Å². The van der Waals surface area contributed by atoms with Crippen molar-refractivity contribution in [2.24, 2.45) is 17.8 Å². The maximum Gasteiger partial charge on any atom is 0.303 e. The fourth-order valence-electron chi connectivity index (χ4n) is 5.62. The van der Waals surface area contributed by atoms with E-state index in [9.17, 15) is 15.0 Å². The number of allylic oxidation sites excluding steroid dienone is 2. The molecule has 1 heterocycles. The molecule has 7 heteroatoms. The molecule has 0 spiro atoms. The van der Waals surface area contributed by atoms with Crippen LogP contribution in [0.2, 0.25) is 18.1 Å². The molecule has 2 fully saturated rings. The average molecular weight is 495 g/mol. The third-order valence-electron chi connectivity index (χ3n) is 8.60. The smallest absolute Gasteiger partial charge is 0.303 e. The van der Waals surface area contributed by atoms with Gasteiger partial charge in [-0.1, -0.05) is 46.1 Å². The molecule has 0 aromatic heterocycles. The molecule has 0 amide bonds. The van der Waals surface area contributed by atoms with Crippen molar-refractivity contribution in [3.63, 3.8) is 0 Å². The van der Waals surface area contributed by atoms with Crippen LogP contribution in [0.25, 0.3) is 0 Å². The summed E-state index contributed by atoms with van der Waals surface area (Å²) in [5.41, 5.74) is 0. The molecule has 0 saturated heterocycles. The summed E-state index contributed by atoms with van der Waals surface area (Å²) in [7, 11) is -1.95. The van der Waals surface area contributed by atoms with Crippen LogP contribution in [0.3, 0.4) is 0 Å². The molecule has 1 unspecified atom stereocenters. The number of carbonyl (C=O) groups is 1. The second kappa shape index (κ2) is 11.7. The molecule has 6 nitrogen and oxygen atoms in total. The molecule has 3 rings (SSSR count). The number of ether oxygens (including phenoxy) is 2. The molecular formula is C27H46O6Si. The predicted octanol–water partition coefficient (Wildman–Crippen LogP) is 6.02. The number of hydrogen-bond donors (Lipinski definition) is 2. The summed E-state index contributed by atoms with van der Waals surface area (Å²) in [6.07, 6.45) is 14.2. The Morgan fingerprint density at radius 1 is 1.15 bits per heavy atom. The minimum atomic E-state index is -1.95. The monoisotopic (exact) mass is 494 g/mol. The summed E-state index contributed by atoms with van der Waals surface area (Å²) in [5.74, 6) is -0.664. The van der Waals surface area contributed by atoms with E-state index in [0.717, 1.165) is 12.8 Å². The van der Waals surface area contributed by atoms with Crippen molar-refractivity contribution in [1.29, 1.82) is 0 Å². The number of carboxylic acid groups (broad SMARTS) is 1. The van der Waals surface area contributed by atoms with Gasteiger partial charge in [-0.15, -0.1) is 0 Å². The first-order valence-electron chi connectivity index (χ1n) is 13.2. The maximum atomic E-state index is 11.6. The lowest BCUT2D eigenvalue weighted by atomic mass is 9.80. The molecule has 34 heavy (non-hydrogen) atoms. The van der Waals surface area contributed by atoms with Gasteiger partial charge in [0.15, 0.2) is 8.32 Å². The van der Waals surface area contributed by atoms with E-state index in [1.807, 2.05) is 12.2 Å². The summed E-state index contributed by atoms with van der Waals surface area (Å²) in [4.78, 5) is 11.6. The second-order valence-corrected chi connectivity index (χ2v) is 16.8. The summed E-state index contributed by atoms with van der Waals surface area (Å²) >= 11 is 0. The van der Waals surface area contributed by atoms with E-state index in [0.29, 0.717) is 12.3 Å². The van der Waals surface area contributed by atoms with Gasteiger partial charge in [0.1, 0.15) is 0 Å². The summed E-state index contributed by atoms with van der Waals surface area (Å²) in [6, 6.07) is 0.